The van der Waals surface area contributed by atoms with Crippen molar-refractivity contribution < 1.29 is 4.74 Å². The number of nitrogens with zero attached hydrogens (tertiary/aromatic N) is 1. The number of ether oxygens (including phenoxy) is 1. The van der Waals surface area contributed by atoms with Crippen molar-refractivity contribution in [2.24, 2.45) is 0 Å². The van der Waals surface area contributed by atoms with Crippen molar-refractivity contribution in [2.45, 2.75) is 12.3 Å². The van der Waals surface area contributed by atoms with E-state index >= 15 is 0 Å². The summed E-state index contributed by atoms with van der Waals surface area (Å²) in [6, 6.07) is 15.3. The molecule has 2 heterocycles. The SMILES string of the molecule is c1ccc(C(CCN2CCOCC2)c2cccs2)cc1. The minimum atomic E-state index is 0.527. The third-order valence-electron chi connectivity index (χ3n) is 3.93. The van der Waals surface area contributed by atoms with Gasteiger partial charge in [-0.1, -0.05) is 36.4 Å². The Kier molecular flexibility index (Phi) is 4.85. The zero-order valence-electron chi connectivity index (χ0n) is 11.7. The van der Waals surface area contributed by atoms with Gasteiger partial charge in [-0.3, -0.25) is 4.90 Å². The molecule has 0 aliphatic carbocycles. The van der Waals surface area contributed by atoms with Crippen LogP contribution in [0.2, 0.25) is 0 Å². The Hall–Kier alpha value is -1.16. The Morgan fingerprint density at radius 1 is 1.05 bits per heavy atom. The molecule has 20 heavy (non-hydrogen) atoms. The van der Waals surface area contributed by atoms with E-state index in [1.54, 1.807) is 0 Å². The highest BCUT2D eigenvalue weighted by Crippen LogP contribution is 2.31. The van der Waals surface area contributed by atoms with E-state index in [2.05, 4.69) is 52.7 Å². The number of hydrogen-bond donors (Lipinski definition) is 0. The second-order valence-electron chi connectivity index (χ2n) is 5.22. The summed E-state index contributed by atoms with van der Waals surface area (Å²) in [5, 5.41) is 2.18. The molecule has 0 saturated carbocycles. The Labute approximate surface area is 125 Å². The van der Waals surface area contributed by atoms with Gasteiger partial charge in [0.25, 0.3) is 0 Å². The second-order valence-corrected chi connectivity index (χ2v) is 6.20. The highest BCUT2D eigenvalue weighted by atomic mass is 32.1. The van der Waals surface area contributed by atoms with Gasteiger partial charge >= 0.3 is 0 Å². The summed E-state index contributed by atoms with van der Waals surface area (Å²) in [5.41, 5.74) is 1.43. The molecule has 1 aromatic heterocycles. The van der Waals surface area contributed by atoms with E-state index in [4.69, 9.17) is 4.74 Å². The summed E-state index contributed by atoms with van der Waals surface area (Å²) in [4.78, 5) is 4.00. The van der Waals surface area contributed by atoms with Crippen LogP contribution in [0.5, 0.6) is 0 Å². The lowest BCUT2D eigenvalue weighted by atomic mass is 9.94. The molecule has 3 rings (SSSR count). The van der Waals surface area contributed by atoms with Gasteiger partial charge in [0.15, 0.2) is 0 Å². The molecule has 1 saturated heterocycles. The van der Waals surface area contributed by atoms with E-state index < -0.39 is 0 Å². The normalized spacial score (nSPS) is 18.0. The lowest BCUT2D eigenvalue weighted by molar-refractivity contribution is 0.0370. The molecular weight excluding hydrogens is 266 g/mol. The quantitative estimate of drug-likeness (QED) is 0.833. The smallest absolute Gasteiger partial charge is 0.0594 e. The standard InChI is InChI=1S/C17H21NOS/c1-2-5-15(6-3-1)16(17-7-4-14-20-17)8-9-18-10-12-19-13-11-18/h1-7,14,16H,8-13H2. The van der Waals surface area contributed by atoms with E-state index in [9.17, 15) is 0 Å². The monoisotopic (exact) mass is 287 g/mol. The van der Waals surface area contributed by atoms with Crippen molar-refractivity contribution >= 4 is 11.3 Å². The Morgan fingerprint density at radius 3 is 2.55 bits per heavy atom. The van der Waals surface area contributed by atoms with E-state index in [-0.39, 0.29) is 0 Å². The van der Waals surface area contributed by atoms with Gasteiger partial charge < -0.3 is 4.74 Å². The number of morpholine rings is 1. The van der Waals surface area contributed by atoms with Gasteiger partial charge in [0.05, 0.1) is 13.2 Å². The Morgan fingerprint density at radius 2 is 1.85 bits per heavy atom. The van der Waals surface area contributed by atoms with Crippen LogP contribution in [0.25, 0.3) is 0 Å². The van der Waals surface area contributed by atoms with Crippen LogP contribution in [0.3, 0.4) is 0 Å². The van der Waals surface area contributed by atoms with E-state index in [1.807, 2.05) is 11.3 Å². The predicted octanol–water partition coefficient (Wildman–Crippen LogP) is 3.60. The summed E-state index contributed by atoms with van der Waals surface area (Å²) < 4.78 is 5.42. The van der Waals surface area contributed by atoms with Crippen LogP contribution >= 0.6 is 11.3 Å². The van der Waals surface area contributed by atoms with Crippen molar-refractivity contribution in [3.63, 3.8) is 0 Å². The largest absolute Gasteiger partial charge is 0.379 e. The predicted molar refractivity (Wildman–Crippen MR) is 84.5 cm³/mol. The number of benzene rings is 1. The molecule has 0 radical (unpaired) electrons. The van der Waals surface area contributed by atoms with E-state index in [1.165, 1.54) is 16.9 Å². The van der Waals surface area contributed by atoms with Crippen molar-refractivity contribution in [3.8, 4) is 0 Å². The third-order valence-corrected chi connectivity index (χ3v) is 4.91. The second kappa shape index (κ2) is 7.02. The van der Waals surface area contributed by atoms with Crippen LogP contribution in [-0.4, -0.2) is 37.7 Å². The van der Waals surface area contributed by atoms with Gasteiger partial charge in [-0.05, 0) is 30.0 Å². The van der Waals surface area contributed by atoms with Crippen LogP contribution in [0, 0.1) is 0 Å². The summed E-state index contributed by atoms with van der Waals surface area (Å²) >= 11 is 1.87. The van der Waals surface area contributed by atoms with Gasteiger partial charge in [0.2, 0.25) is 0 Å². The van der Waals surface area contributed by atoms with Crippen LogP contribution < -0.4 is 0 Å². The first-order valence-electron chi connectivity index (χ1n) is 7.32. The molecule has 2 aromatic rings. The third kappa shape index (κ3) is 3.48. The maximum atomic E-state index is 5.42. The minimum Gasteiger partial charge on any atom is -0.379 e. The van der Waals surface area contributed by atoms with Crippen molar-refractivity contribution in [2.75, 3.05) is 32.8 Å². The topological polar surface area (TPSA) is 12.5 Å². The van der Waals surface area contributed by atoms with Gasteiger partial charge in [0.1, 0.15) is 0 Å². The van der Waals surface area contributed by atoms with Crippen molar-refractivity contribution in [3.05, 3.63) is 58.3 Å². The molecule has 106 valence electrons. The highest BCUT2D eigenvalue weighted by Gasteiger charge is 2.17. The molecule has 1 aliphatic rings. The van der Waals surface area contributed by atoms with Crippen LogP contribution in [0.4, 0.5) is 0 Å². The summed E-state index contributed by atoms with van der Waals surface area (Å²) in [6.07, 6.45) is 1.19. The fourth-order valence-corrected chi connectivity index (χ4v) is 3.67. The average molecular weight is 287 g/mol. The van der Waals surface area contributed by atoms with Crippen LogP contribution in [-0.2, 0) is 4.74 Å². The minimum absolute atomic E-state index is 0.527. The molecular formula is C17H21NOS. The van der Waals surface area contributed by atoms with Gasteiger partial charge in [-0.2, -0.15) is 0 Å². The Balaban J connectivity index is 1.69. The van der Waals surface area contributed by atoms with E-state index in [0.717, 1.165) is 32.8 Å². The molecule has 1 aromatic carbocycles. The van der Waals surface area contributed by atoms with Gasteiger partial charge in [-0.15, -0.1) is 11.3 Å². The molecule has 1 aliphatic heterocycles. The highest BCUT2D eigenvalue weighted by molar-refractivity contribution is 7.10. The Bertz CT molecular complexity index is 491. The molecule has 1 fully saturated rings. The first kappa shape index (κ1) is 13.8. The van der Waals surface area contributed by atoms with Crippen molar-refractivity contribution in [1.82, 2.24) is 4.90 Å². The molecule has 0 N–H and O–H groups in total. The molecule has 2 nitrogen and oxygen atoms in total. The van der Waals surface area contributed by atoms with Gasteiger partial charge in [0, 0.05) is 23.9 Å². The summed E-state index contributed by atoms with van der Waals surface area (Å²) in [7, 11) is 0. The first-order valence-corrected chi connectivity index (χ1v) is 8.20. The first-order chi connectivity index (χ1) is 9.93. The molecule has 1 atom stereocenters. The molecule has 0 spiro atoms. The number of thiophene rings is 1. The lowest BCUT2D eigenvalue weighted by Crippen LogP contribution is -2.37. The zero-order valence-corrected chi connectivity index (χ0v) is 12.5. The van der Waals surface area contributed by atoms with Crippen LogP contribution in [0.15, 0.2) is 47.8 Å². The fraction of sp³-hybridized carbons (Fsp3) is 0.412. The number of hydrogen-bond acceptors (Lipinski definition) is 3. The van der Waals surface area contributed by atoms with Gasteiger partial charge in [-0.25, -0.2) is 0 Å². The molecule has 0 amide bonds. The molecule has 3 heteroatoms. The van der Waals surface area contributed by atoms with Crippen molar-refractivity contribution in [1.29, 1.82) is 0 Å². The zero-order chi connectivity index (χ0) is 13.6. The van der Waals surface area contributed by atoms with Crippen LogP contribution in [0.1, 0.15) is 22.8 Å². The summed E-state index contributed by atoms with van der Waals surface area (Å²) in [5.74, 6) is 0.527. The fourth-order valence-electron chi connectivity index (χ4n) is 2.78. The summed E-state index contributed by atoms with van der Waals surface area (Å²) in [6.45, 7) is 5.07. The number of rotatable bonds is 5. The lowest BCUT2D eigenvalue weighted by Gasteiger charge is -2.28. The average Bonchev–Trinajstić information content (AvgIpc) is 3.04. The van der Waals surface area contributed by atoms with E-state index in [0.29, 0.717) is 5.92 Å². The molecule has 0 bridgehead atoms. The maximum absolute atomic E-state index is 5.42. The maximum Gasteiger partial charge on any atom is 0.0594 e. The molecule has 1 unspecified atom stereocenters.